The summed E-state index contributed by atoms with van der Waals surface area (Å²) in [5.41, 5.74) is 2.79. The molecule has 1 aromatic heterocycles. The second kappa shape index (κ2) is 10.4. The molecular weight excluding hydrogens is 442 g/mol. The van der Waals surface area contributed by atoms with Gasteiger partial charge in [0.25, 0.3) is 5.91 Å². The highest BCUT2D eigenvalue weighted by Crippen LogP contribution is 2.34. The number of ether oxygens (including phenoxy) is 2. The van der Waals surface area contributed by atoms with Crippen LogP contribution >= 0.6 is 11.6 Å². The van der Waals surface area contributed by atoms with Crippen molar-refractivity contribution in [2.24, 2.45) is 0 Å². The molecule has 0 unspecified atom stereocenters. The van der Waals surface area contributed by atoms with Crippen LogP contribution in [0.15, 0.2) is 54.7 Å². The molecule has 2 heterocycles. The minimum absolute atomic E-state index is 0.163. The van der Waals surface area contributed by atoms with Crippen molar-refractivity contribution in [3.63, 3.8) is 0 Å². The number of amides is 1. The van der Waals surface area contributed by atoms with E-state index in [1.54, 1.807) is 31.4 Å². The Balaban J connectivity index is 1.55. The Morgan fingerprint density at radius 3 is 2.73 bits per heavy atom. The highest BCUT2D eigenvalue weighted by molar-refractivity contribution is 6.33. The van der Waals surface area contributed by atoms with E-state index in [1.807, 2.05) is 23.5 Å². The number of aromatic nitrogens is 1. The molecule has 3 N–H and O–H groups in total. The van der Waals surface area contributed by atoms with E-state index in [0.29, 0.717) is 46.9 Å². The summed E-state index contributed by atoms with van der Waals surface area (Å²) >= 11 is 6.37. The Kier molecular flexibility index (Phi) is 6.01. The van der Waals surface area contributed by atoms with E-state index in [0.717, 1.165) is 18.8 Å². The minimum Gasteiger partial charge on any atom is -0.494 e. The van der Waals surface area contributed by atoms with E-state index in [9.17, 15) is 4.79 Å². The molecule has 9 heteroatoms. The van der Waals surface area contributed by atoms with Crippen molar-refractivity contribution in [1.29, 1.82) is 0 Å². The summed E-state index contributed by atoms with van der Waals surface area (Å²) in [6, 6.07) is 14.1. The lowest BCUT2D eigenvalue weighted by atomic mass is 10.1. The first-order valence-electron chi connectivity index (χ1n) is 11.9. The zero-order chi connectivity index (χ0) is 25.7. The van der Waals surface area contributed by atoms with E-state index < -0.39 is 12.9 Å². The number of halogens is 1. The van der Waals surface area contributed by atoms with Crippen molar-refractivity contribution in [1.82, 2.24) is 10.3 Å². The van der Waals surface area contributed by atoms with Crippen molar-refractivity contribution in [3.8, 4) is 5.75 Å². The second-order valence-corrected chi connectivity index (χ2v) is 7.69. The van der Waals surface area contributed by atoms with E-state index in [-0.39, 0.29) is 5.56 Å². The van der Waals surface area contributed by atoms with Gasteiger partial charge in [-0.25, -0.2) is 4.98 Å². The lowest BCUT2D eigenvalue weighted by Gasteiger charge is -2.29. The SMILES string of the molecule is [2H]C([2H])([2H])NC(=O)c1ccccc1Nc1cc(Nc2ccc(N3CCOCC3)cc2OC)ncc1Cl. The van der Waals surface area contributed by atoms with Crippen molar-refractivity contribution in [2.75, 3.05) is 55.9 Å². The summed E-state index contributed by atoms with van der Waals surface area (Å²) in [6.45, 7) is 0.401. The average Bonchev–Trinajstić information content (AvgIpc) is 2.86. The molecule has 4 rings (SSSR count). The third kappa shape index (κ3) is 5.30. The molecule has 1 aliphatic rings. The molecular formula is C24H26ClN5O3. The Morgan fingerprint density at radius 2 is 1.94 bits per heavy atom. The number of morpholine rings is 1. The second-order valence-electron chi connectivity index (χ2n) is 7.28. The zero-order valence-electron chi connectivity index (χ0n) is 21.0. The molecule has 0 bridgehead atoms. The third-order valence-electron chi connectivity index (χ3n) is 5.23. The van der Waals surface area contributed by atoms with Gasteiger partial charge in [-0.1, -0.05) is 23.7 Å². The van der Waals surface area contributed by atoms with Crippen LogP contribution in [0.5, 0.6) is 5.75 Å². The van der Waals surface area contributed by atoms with E-state index in [1.165, 1.54) is 12.3 Å². The highest BCUT2D eigenvalue weighted by Gasteiger charge is 2.15. The molecule has 1 amide bonds. The monoisotopic (exact) mass is 470 g/mol. The van der Waals surface area contributed by atoms with Gasteiger partial charge in [0.15, 0.2) is 0 Å². The van der Waals surface area contributed by atoms with E-state index in [4.69, 9.17) is 25.2 Å². The van der Waals surface area contributed by atoms with Crippen LogP contribution in [0.3, 0.4) is 0 Å². The summed E-state index contributed by atoms with van der Waals surface area (Å²) in [7, 11) is 1.60. The maximum Gasteiger partial charge on any atom is 0.253 e. The molecule has 0 radical (unpaired) electrons. The molecule has 3 aromatic rings. The van der Waals surface area contributed by atoms with Crippen LogP contribution in [-0.2, 0) is 4.74 Å². The number of para-hydroxylation sites is 1. The summed E-state index contributed by atoms with van der Waals surface area (Å²) in [5, 5.41) is 8.67. The van der Waals surface area contributed by atoms with Gasteiger partial charge in [0.05, 0.1) is 54.2 Å². The molecule has 0 aliphatic carbocycles. The summed E-state index contributed by atoms with van der Waals surface area (Å²) in [6.07, 6.45) is 1.48. The molecule has 1 fully saturated rings. The minimum atomic E-state index is -2.61. The number of carbonyl (C=O) groups is 1. The predicted octanol–water partition coefficient (Wildman–Crippen LogP) is 4.43. The van der Waals surface area contributed by atoms with Crippen LogP contribution in [0, 0.1) is 0 Å². The molecule has 8 nitrogen and oxygen atoms in total. The standard InChI is InChI=1S/C24H26ClN5O3/c1-26-24(31)17-5-3-4-6-19(17)28-21-14-23(27-15-18(21)25)29-20-8-7-16(13-22(20)32-2)30-9-11-33-12-10-30/h3-8,13-15H,9-12H2,1-2H3,(H,26,31)(H2,27,28,29)/i1D3. The lowest BCUT2D eigenvalue weighted by molar-refractivity contribution is 0.0964. The number of methoxy groups -OCH3 is 1. The van der Waals surface area contributed by atoms with E-state index >= 15 is 0 Å². The van der Waals surface area contributed by atoms with Crippen molar-refractivity contribution in [3.05, 3.63) is 65.3 Å². The van der Waals surface area contributed by atoms with Gasteiger partial charge in [0.1, 0.15) is 11.6 Å². The molecule has 0 spiro atoms. The van der Waals surface area contributed by atoms with Gasteiger partial charge >= 0.3 is 0 Å². The number of nitrogens with zero attached hydrogens (tertiary/aromatic N) is 2. The van der Waals surface area contributed by atoms with Gasteiger partial charge in [0, 0.05) is 42.0 Å². The first-order valence-corrected chi connectivity index (χ1v) is 10.7. The molecule has 2 aromatic carbocycles. The zero-order valence-corrected chi connectivity index (χ0v) is 18.8. The Morgan fingerprint density at radius 1 is 1.12 bits per heavy atom. The van der Waals surface area contributed by atoms with Crippen LogP contribution in [-0.4, -0.2) is 51.3 Å². The third-order valence-corrected chi connectivity index (χ3v) is 5.54. The van der Waals surface area contributed by atoms with Gasteiger partial charge in [-0.3, -0.25) is 4.79 Å². The van der Waals surface area contributed by atoms with Gasteiger partial charge in [-0.15, -0.1) is 0 Å². The van der Waals surface area contributed by atoms with Crippen LogP contribution in [0.1, 0.15) is 14.5 Å². The topological polar surface area (TPSA) is 87.8 Å². The van der Waals surface area contributed by atoms with Crippen LogP contribution < -0.4 is 25.6 Å². The van der Waals surface area contributed by atoms with Crippen molar-refractivity contribution >= 4 is 46.1 Å². The Labute approximate surface area is 202 Å². The number of pyridine rings is 1. The van der Waals surface area contributed by atoms with Crippen LogP contribution in [0.4, 0.5) is 28.6 Å². The number of hydrogen-bond acceptors (Lipinski definition) is 7. The molecule has 1 aliphatic heterocycles. The molecule has 33 heavy (non-hydrogen) atoms. The van der Waals surface area contributed by atoms with Gasteiger partial charge in [0.2, 0.25) is 0 Å². The normalized spacial score (nSPS) is 15.1. The fourth-order valence-corrected chi connectivity index (χ4v) is 3.70. The Hall–Kier alpha value is -3.49. The summed E-state index contributed by atoms with van der Waals surface area (Å²) < 4.78 is 32.9. The number of benzene rings is 2. The van der Waals surface area contributed by atoms with Gasteiger partial charge < -0.3 is 30.3 Å². The van der Waals surface area contributed by atoms with Crippen LogP contribution in [0.25, 0.3) is 0 Å². The number of hydrogen-bond donors (Lipinski definition) is 3. The summed E-state index contributed by atoms with van der Waals surface area (Å²) in [4.78, 5) is 19.1. The first-order chi connectivity index (χ1) is 17.2. The molecule has 0 saturated carbocycles. The number of rotatable bonds is 7. The number of nitrogens with one attached hydrogen (secondary N) is 3. The van der Waals surface area contributed by atoms with Gasteiger partial charge in [-0.2, -0.15) is 0 Å². The highest BCUT2D eigenvalue weighted by atomic mass is 35.5. The van der Waals surface area contributed by atoms with Gasteiger partial charge in [-0.05, 0) is 24.3 Å². The first kappa shape index (κ1) is 19.0. The summed E-state index contributed by atoms with van der Waals surface area (Å²) in [5.74, 6) is 0.410. The largest absolute Gasteiger partial charge is 0.494 e. The maximum atomic E-state index is 12.5. The van der Waals surface area contributed by atoms with E-state index in [2.05, 4.69) is 20.5 Å². The molecule has 0 atom stereocenters. The average molecular weight is 471 g/mol. The fourth-order valence-electron chi connectivity index (χ4n) is 3.54. The Bertz CT molecular complexity index is 1240. The fraction of sp³-hybridized carbons (Fsp3) is 0.250. The lowest BCUT2D eigenvalue weighted by Crippen LogP contribution is -2.36. The van der Waals surface area contributed by atoms with Crippen molar-refractivity contribution < 1.29 is 18.4 Å². The number of anilines is 5. The molecule has 1 saturated heterocycles. The maximum absolute atomic E-state index is 12.5. The number of carbonyl (C=O) groups excluding carboxylic acids is 1. The van der Waals surface area contributed by atoms with Crippen molar-refractivity contribution in [2.45, 2.75) is 0 Å². The van der Waals surface area contributed by atoms with Crippen LogP contribution in [0.2, 0.25) is 5.02 Å². The smallest absolute Gasteiger partial charge is 0.253 e. The predicted molar refractivity (Wildman–Crippen MR) is 132 cm³/mol. The molecule has 172 valence electrons. The quantitative estimate of drug-likeness (QED) is 0.471.